The maximum absolute atomic E-state index is 14.4. The third-order valence-corrected chi connectivity index (χ3v) is 4.52. The molecule has 0 aliphatic carbocycles. The van der Waals surface area contributed by atoms with Crippen LogP contribution in [0.15, 0.2) is 30.3 Å². The predicted octanol–water partition coefficient (Wildman–Crippen LogP) is 3.30. The summed E-state index contributed by atoms with van der Waals surface area (Å²) in [6.45, 7) is 0. The van der Waals surface area contributed by atoms with E-state index in [4.69, 9.17) is 23.2 Å². The smallest absolute Gasteiger partial charge is 0.267 e. The van der Waals surface area contributed by atoms with Gasteiger partial charge in [-0.1, -0.05) is 23.2 Å². The maximum atomic E-state index is 14.4. The summed E-state index contributed by atoms with van der Waals surface area (Å²) in [6, 6.07) is 5.61. The molecule has 0 unspecified atom stereocenters. The first-order chi connectivity index (χ1) is 12.1. The van der Waals surface area contributed by atoms with Gasteiger partial charge in [0, 0.05) is 11.5 Å². The minimum atomic E-state index is -3.87. The van der Waals surface area contributed by atoms with E-state index in [0.29, 0.717) is 10.9 Å². The van der Waals surface area contributed by atoms with Crippen LogP contribution in [-0.2, 0) is 10.0 Å². The van der Waals surface area contributed by atoms with E-state index < -0.39 is 33.1 Å². The van der Waals surface area contributed by atoms with Crippen LogP contribution in [0.25, 0.3) is 16.6 Å². The molecule has 0 bridgehead atoms. The molecular weight excluding hydrogens is 411 g/mol. The summed E-state index contributed by atoms with van der Waals surface area (Å²) in [5.74, 6) is -2.71. The van der Waals surface area contributed by atoms with Crippen molar-refractivity contribution >= 4 is 50.0 Å². The molecule has 2 aromatic carbocycles. The number of hydrogen-bond acceptors (Lipinski definition) is 4. The lowest BCUT2D eigenvalue weighted by molar-refractivity contribution is 0.0978. The summed E-state index contributed by atoms with van der Waals surface area (Å²) in [5.41, 5.74) is -0.146. The summed E-state index contributed by atoms with van der Waals surface area (Å²) >= 11 is 12.1. The number of sulfonamides is 1. The molecule has 0 saturated heterocycles. The monoisotopic (exact) mass is 419 g/mol. The zero-order valence-corrected chi connectivity index (χ0v) is 15.3. The van der Waals surface area contributed by atoms with Crippen LogP contribution in [0.2, 0.25) is 10.2 Å². The Labute approximate surface area is 156 Å². The average Bonchev–Trinajstić information content (AvgIpc) is 2.84. The van der Waals surface area contributed by atoms with Crippen molar-refractivity contribution in [2.24, 2.45) is 0 Å². The molecule has 0 atom stereocenters. The number of hydrogen-bond donors (Lipinski definition) is 1. The third kappa shape index (κ3) is 3.50. The molecule has 11 heteroatoms. The summed E-state index contributed by atoms with van der Waals surface area (Å²) in [6.07, 6.45) is 0.760. The first kappa shape index (κ1) is 18.6. The fraction of sp³-hybridized carbons (Fsp3) is 0.0667. The summed E-state index contributed by atoms with van der Waals surface area (Å²) in [7, 11) is -3.87. The minimum absolute atomic E-state index is 0.0186. The molecule has 3 rings (SSSR count). The number of nitrogens with zero attached hydrogens (tertiary/aromatic N) is 2. The van der Waals surface area contributed by atoms with Gasteiger partial charge in [0.2, 0.25) is 10.0 Å². The molecule has 136 valence electrons. The molecule has 0 fully saturated rings. The topological polar surface area (TPSA) is 81.1 Å². The highest BCUT2D eigenvalue weighted by molar-refractivity contribution is 7.89. The van der Waals surface area contributed by atoms with Crippen LogP contribution < -0.4 is 4.72 Å². The van der Waals surface area contributed by atoms with Crippen LogP contribution in [0.4, 0.5) is 8.78 Å². The molecule has 1 heterocycles. The molecule has 1 aromatic heterocycles. The molecule has 0 spiro atoms. The largest absolute Gasteiger partial charge is 0.268 e. The molecule has 0 radical (unpaired) electrons. The fourth-order valence-electron chi connectivity index (χ4n) is 2.33. The lowest BCUT2D eigenvalue weighted by atomic mass is 10.1. The van der Waals surface area contributed by atoms with E-state index in [9.17, 15) is 22.0 Å². The van der Waals surface area contributed by atoms with Crippen LogP contribution in [0, 0.1) is 11.6 Å². The summed E-state index contributed by atoms with van der Waals surface area (Å²) in [4.78, 5) is 11.9. The Morgan fingerprint density at radius 1 is 1.19 bits per heavy atom. The van der Waals surface area contributed by atoms with Gasteiger partial charge < -0.3 is 0 Å². The standard InChI is InChI=1S/C15H9Cl2F2N3O3S/c1-26(24,25)21-15(23)8-5-10(16)13(6-11(8)19)22-12-3-2-7(18)4-9(12)14(17)20-22/h2-6H,1H3,(H,21,23). The summed E-state index contributed by atoms with van der Waals surface area (Å²) in [5, 5.41) is 4.19. The lowest BCUT2D eigenvalue weighted by Crippen LogP contribution is -2.30. The van der Waals surface area contributed by atoms with E-state index in [1.165, 1.54) is 22.9 Å². The van der Waals surface area contributed by atoms with Crippen LogP contribution in [0.5, 0.6) is 0 Å². The first-order valence-corrected chi connectivity index (χ1v) is 9.57. The van der Waals surface area contributed by atoms with Gasteiger partial charge in [0.1, 0.15) is 11.6 Å². The Bertz CT molecular complexity index is 1160. The number of rotatable bonds is 3. The number of amides is 1. The van der Waals surface area contributed by atoms with Crippen molar-refractivity contribution in [2.75, 3.05) is 6.26 Å². The van der Waals surface area contributed by atoms with Gasteiger partial charge in [-0.2, -0.15) is 5.10 Å². The van der Waals surface area contributed by atoms with Gasteiger partial charge in [-0.05, 0) is 24.3 Å². The first-order valence-electron chi connectivity index (χ1n) is 6.92. The van der Waals surface area contributed by atoms with Crippen LogP contribution in [0.3, 0.4) is 0 Å². The van der Waals surface area contributed by atoms with Gasteiger partial charge in [0.25, 0.3) is 5.91 Å². The normalized spacial score (nSPS) is 11.7. The second-order valence-corrected chi connectivity index (χ2v) is 7.86. The number of benzene rings is 2. The molecular formula is C15H9Cl2F2N3O3S. The highest BCUT2D eigenvalue weighted by atomic mass is 35.5. The van der Waals surface area contributed by atoms with Crippen molar-refractivity contribution in [1.29, 1.82) is 0 Å². The van der Waals surface area contributed by atoms with Crippen molar-refractivity contribution in [3.63, 3.8) is 0 Å². The Morgan fingerprint density at radius 2 is 1.88 bits per heavy atom. The van der Waals surface area contributed by atoms with Crippen molar-refractivity contribution in [2.45, 2.75) is 0 Å². The molecule has 0 saturated carbocycles. The molecule has 0 aliphatic heterocycles. The van der Waals surface area contributed by atoms with Gasteiger partial charge in [-0.15, -0.1) is 0 Å². The van der Waals surface area contributed by atoms with E-state index >= 15 is 0 Å². The van der Waals surface area contributed by atoms with Crippen LogP contribution in [0.1, 0.15) is 10.4 Å². The van der Waals surface area contributed by atoms with E-state index in [1.807, 2.05) is 0 Å². The average molecular weight is 420 g/mol. The Hall–Kier alpha value is -2.23. The van der Waals surface area contributed by atoms with Crippen molar-refractivity contribution in [3.8, 4) is 5.69 Å². The molecule has 1 amide bonds. The van der Waals surface area contributed by atoms with Gasteiger partial charge in [-0.3, -0.25) is 4.79 Å². The second-order valence-electron chi connectivity index (χ2n) is 5.35. The number of aromatic nitrogens is 2. The van der Waals surface area contributed by atoms with E-state index in [1.54, 1.807) is 4.72 Å². The van der Waals surface area contributed by atoms with Gasteiger partial charge >= 0.3 is 0 Å². The fourth-order valence-corrected chi connectivity index (χ4v) is 3.25. The quantitative estimate of drug-likeness (QED) is 0.705. The predicted molar refractivity (Wildman–Crippen MR) is 93.3 cm³/mol. The van der Waals surface area contributed by atoms with Crippen LogP contribution >= 0.6 is 23.2 Å². The highest BCUT2D eigenvalue weighted by Gasteiger charge is 2.20. The molecule has 1 N–H and O–H groups in total. The third-order valence-electron chi connectivity index (χ3n) is 3.38. The van der Waals surface area contributed by atoms with Gasteiger partial charge in [0.15, 0.2) is 5.15 Å². The minimum Gasteiger partial charge on any atom is -0.268 e. The van der Waals surface area contributed by atoms with E-state index in [-0.39, 0.29) is 15.9 Å². The number of carbonyl (C=O) groups is 1. The molecule has 3 aromatic rings. The molecule has 26 heavy (non-hydrogen) atoms. The number of carbonyl (C=O) groups excluding carboxylic acids is 1. The Kier molecular flexibility index (Phi) is 4.63. The molecule has 0 aliphatic rings. The van der Waals surface area contributed by atoms with Crippen molar-refractivity contribution in [1.82, 2.24) is 14.5 Å². The zero-order chi connectivity index (χ0) is 19.2. The van der Waals surface area contributed by atoms with Gasteiger partial charge in [-0.25, -0.2) is 26.6 Å². The Balaban J connectivity index is 2.14. The number of halogens is 4. The second kappa shape index (κ2) is 6.49. The van der Waals surface area contributed by atoms with Crippen molar-refractivity contribution < 1.29 is 22.0 Å². The SMILES string of the molecule is CS(=O)(=O)NC(=O)c1cc(Cl)c(-n2nc(Cl)c3cc(F)ccc32)cc1F. The van der Waals surface area contributed by atoms with Crippen LogP contribution in [-0.4, -0.2) is 30.4 Å². The highest BCUT2D eigenvalue weighted by Crippen LogP contribution is 2.31. The number of fused-ring (bicyclic) bond motifs is 1. The molecule has 6 nitrogen and oxygen atoms in total. The Morgan fingerprint density at radius 3 is 2.54 bits per heavy atom. The maximum Gasteiger partial charge on any atom is 0.267 e. The van der Waals surface area contributed by atoms with Gasteiger partial charge in [0.05, 0.1) is 28.0 Å². The zero-order valence-electron chi connectivity index (χ0n) is 12.9. The van der Waals surface area contributed by atoms with Crippen molar-refractivity contribution in [3.05, 3.63) is 57.7 Å². The summed E-state index contributed by atoms with van der Waals surface area (Å²) < 4.78 is 52.8. The number of nitrogens with one attached hydrogen (secondary N) is 1. The lowest BCUT2D eigenvalue weighted by Gasteiger charge is -2.10. The van der Waals surface area contributed by atoms with E-state index in [2.05, 4.69) is 5.10 Å². The van der Waals surface area contributed by atoms with E-state index in [0.717, 1.165) is 18.4 Å².